The first-order valence-electron chi connectivity index (χ1n) is 7.41. The van der Waals surface area contributed by atoms with Crippen LogP contribution in [0.1, 0.15) is 10.4 Å². The smallest absolute Gasteiger partial charge is 0.343 e. The highest BCUT2D eigenvalue weighted by Gasteiger charge is 2.16. The van der Waals surface area contributed by atoms with E-state index in [1.54, 1.807) is 0 Å². The molecule has 0 atom stereocenters. The van der Waals surface area contributed by atoms with Crippen molar-refractivity contribution in [1.82, 2.24) is 4.72 Å². The second-order valence-corrected chi connectivity index (χ2v) is 6.93. The summed E-state index contributed by atoms with van der Waals surface area (Å²) in [6.07, 6.45) is 0. The summed E-state index contributed by atoms with van der Waals surface area (Å²) in [5, 5.41) is 8.53. The first-order chi connectivity index (χ1) is 12.7. The van der Waals surface area contributed by atoms with Crippen LogP contribution in [0.4, 0.5) is 5.69 Å². The van der Waals surface area contributed by atoms with Crippen LogP contribution in [0.25, 0.3) is 0 Å². The van der Waals surface area contributed by atoms with Gasteiger partial charge >= 0.3 is 11.9 Å². The van der Waals surface area contributed by atoms with Gasteiger partial charge in [-0.15, -0.1) is 0 Å². The van der Waals surface area contributed by atoms with Gasteiger partial charge in [-0.1, -0.05) is 0 Å². The third kappa shape index (κ3) is 5.80. The quantitative estimate of drug-likeness (QED) is 0.223. The lowest BCUT2D eigenvalue weighted by atomic mass is 10.2. The first kappa shape index (κ1) is 19.9. The number of ether oxygens (including phenoxy) is 1. The number of guanidine groups is 1. The van der Waals surface area contributed by atoms with E-state index in [0.717, 1.165) is 0 Å². The summed E-state index contributed by atoms with van der Waals surface area (Å²) in [6, 6.07) is 10.9. The Morgan fingerprint density at radius 2 is 1.63 bits per heavy atom. The Kier molecular flexibility index (Phi) is 6.11. The summed E-state index contributed by atoms with van der Waals surface area (Å²) in [7, 11) is -3.97. The van der Waals surface area contributed by atoms with Crippen molar-refractivity contribution in [3.05, 3.63) is 54.1 Å². The molecule has 27 heavy (non-hydrogen) atoms. The van der Waals surface area contributed by atoms with Crippen LogP contribution in [-0.2, 0) is 14.8 Å². The molecule has 11 heteroatoms. The number of hydrogen-bond donors (Lipinski definition) is 4. The number of rotatable bonds is 7. The van der Waals surface area contributed by atoms with Gasteiger partial charge < -0.3 is 21.3 Å². The van der Waals surface area contributed by atoms with E-state index in [-0.39, 0.29) is 22.2 Å². The molecule has 0 saturated heterocycles. The molecule has 142 valence electrons. The number of aliphatic carboxylic acids is 1. The summed E-state index contributed by atoms with van der Waals surface area (Å²) in [6.45, 7) is -0.741. The number of hydrogen-bond acceptors (Lipinski definition) is 6. The molecule has 0 aliphatic carbocycles. The number of carbonyl (C=O) groups excluding carboxylic acids is 1. The normalized spacial score (nSPS) is 10.8. The van der Waals surface area contributed by atoms with Gasteiger partial charge in [0.05, 0.1) is 16.1 Å². The van der Waals surface area contributed by atoms with E-state index in [4.69, 9.17) is 21.3 Å². The van der Waals surface area contributed by atoms with E-state index in [1.165, 1.54) is 48.5 Å². The number of nitrogens with zero attached hydrogens (tertiary/aromatic N) is 1. The van der Waals surface area contributed by atoms with Gasteiger partial charge in [-0.2, -0.15) is 4.72 Å². The number of carboxylic acid groups (broad SMARTS) is 1. The summed E-state index contributed by atoms with van der Waals surface area (Å²) in [5.41, 5.74) is 11.2. The fraction of sp³-hybridized carbons (Fsp3) is 0.0625. The standard InChI is InChI=1S/C16H16N4O6S/c17-16(18)20-11-3-1-10(2-4-11)15(23)26-12-5-7-13(8-6-12)27(24,25)19-9-14(21)22/h1-8,19H,9H2,(H,21,22)(H4,17,18,20). The average molecular weight is 392 g/mol. The highest BCUT2D eigenvalue weighted by Crippen LogP contribution is 2.18. The van der Waals surface area contributed by atoms with E-state index in [0.29, 0.717) is 5.69 Å². The molecule has 0 saturated carbocycles. The van der Waals surface area contributed by atoms with Crippen LogP contribution in [0.3, 0.4) is 0 Å². The molecule has 0 fully saturated rings. The first-order valence-corrected chi connectivity index (χ1v) is 8.89. The number of benzene rings is 2. The molecular weight excluding hydrogens is 376 g/mol. The SMILES string of the molecule is NC(N)=Nc1ccc(C(=O)Oc2ccc(S(=O)(=O)NCC(=O)O)cc2)cc1. The number of aliphatic imine (C=N–C) groups is 1. The predicted octanol–water partition coefficient (Wildman–Crippen LogP) is 0.174. The number of carbonyl (C=O) groups is 2. The molecule has 0 aliphatic rings. The van der Waals surface area contributed by atoms with Gasteiger partial charge in [0.1, 0.15) is 12.3 Å². The highest BCUT2D eigenvalue weighted by molar-refractivity contribution is 7.89. The number of nitrogens with two attached hydrogens (primary N) is 2. The number of carboxylic acids is 1. The van der Waals surface area contributed by atoms with Gasteiger partial charge in [0.15, 0.2) is 5.96 Å². The predicted molar refractivity (Wildman–Crippen MR) is 96.1 cm³/mol. The molecule has 2 aromatic rings. The van der Waals surface area contributed by atoms with Crippen LogP contribution >= 0.6 is 0 Å². The zero-order chi connectivity index (χ0) is 20.0. The molecule has 6 N–H and O–H groups in total. The van der Waals surface area contributed by atoms with Gasteiger partial charge in [-0.3, -0.25) is 4.79 Å². The Morgan fingerprint density at radius 1 is 1.04 bits per heavy atom. The number of esters is 1. The lowest BCUT2D eigenvalue weighted by molar-refractivity contribution is -0.135. The van der Waals surface area contributed by atoms with E-state index in [2.05, 4.69) is 4.99 Å². The van der Waals surface area contributed by atoms with Crippen molar-refractivity contribution in [2.45, 2.75) is 4.90 Å². The van der Waals surface area contributed by atoms with Crippen LogP contribution in [0.15, 0.2) is 58.4 Å². The van der Waals surface area contributed by atoms with Crippen LogP contribution in [0, 0.1) is 0 Å². The van der Waals surface area contributed by atoms with Crippen molar-refractivity contribution in [1.29, 1.82) is 0 Å². The van der Waals surface area contributed by atoms with Gasteiger partial charge in [0.2, 0.25) is 10.0 Å². The topological polar surface area (TPSA) is 174 Å². The Morgan fingerprint density at radius 3 is 2.15 bits per heavy atom. The van der Waals surface area contributed by atoms with Crippen LogP contribution in [0.2, 0.25) is 0 Å². The summed E-state index contributed by atoms with van der Waals surface area (Å²) in [5.74, 6) is -1.97. The van der Waals surface area contributed by atoms with E-state index < -0.39 is 28.5 Å². The molecule has 0 spiro atoms. The Hall–Kier alpha value is -3.44. The Labute approximate surface area is 154 Å². The zero-order valence-corrected chi connectivity index (χ0v) is 14.6. The van der Waals surface area contributed by atoms with Gasteiger partial charge in [-0.25, -0.2) is 18.2 Å². The summed E-state index contributed by atoms with van der Waals surface area (Å²) < 4.78 is 30.8. The highest BCUT2D eigenvalue weighted by atomic mass is 32.2. The number of sulfonamides is 1. The maximum Gasteiger partial charge on any atom is 0.343 e. The lowest BCUT2D eigenvalue weighted by Crippen LogP contribution is -2.29. The van der Waals surface area contributed by atoms with E-state index in [9.17, 15) is 18.0 Å². The third-order valence-corrected chi connectivity index (χ3v) is 4.54. The third-order valence-electron chi connectivity index (χ3n) is 3.12. The van der Waals surface area contributed by atoms with Crippen LogP contribution in [0.5, 0.6) is 5.75 Å². The minimum absolute atomic E-state index is 0.113. The average Bonchev–Trinajstić information content (AvgIpc) is 2.60. The van der Waals surface area contributed by atoms with Crippen molar-refractivity contribution in [3.8, 4) is 5.75 Å². The van der Waals surface area contributed by atoms with Crippen molar-refractivity contribution in [2.75, 3.05) is 6.54 Å². The van der Waals surface area contributed by atoms with E-state index >= 15 is 0 Å². The molecule has 0 aromatic heterocycles. The van der Waals surface area contributed by atoms with Crippen molar-refractivity contribution < 1.29 is 27.9 Å². The Bertz CT molecular complexity index is 965. The van der Waals surface area contributed by atoms with Gasteiger partial charge in [-0.05, 0) is 48.5 Å². The molecule has 2 aromatic carbocycles. The maximum absolute atomic E-state index is 12.1. The fourth-order valence-corrected chi connectivity index (χ4v) is 2.89. The molecule has 0 aliphatic heterocycles. The zero-order valence-electron chi connectivity index (χ0n) is 13.8. The summed E-state index contributed by atoms with van der Waals surface area (Å²) >= 11 is 0. The lowest BCUT2D eigenvalue weighted by Gasteiger charge is -2.07. The van der Waals surface area contributed by atoms with Crippen LogP contribution in [-0.4, -0.2) is 38.0 Å². The molecule has 0 bridgehead atoms. The van der Waals surface area contributed by atoms with Gasteiger partial charge in [0.25, 0.3) is 0 Å². The summed E-state index contributed by atoms with van der Waals surface area (Å²) in [4.78, 5) is 26.2. The largest absolute Gasteiger partial charge is 0.480 e. The minimum atomic E-state index is -3.97. The molecule has 2 rings (SSSR count). The minimum Gasteiger partial charge on any atom is -0.480 e. The van der Waals surface area contributed by atoms with Crippen molar-refractivity contribution >= 4 is 33.6 Å². The molecule has 0 radical (unpaired) electrons. The maximum atomic E-state index is 12.1. The number of nitrogens with one attached hydrogen (secondary N) is 1. The molecular formula is C16H16N4O6S. The molecule has 0 unspecified atom stereocenters. The van der Waals surface area contributed by atoms with Crippen LogP contribution < -0.4 is 20.9 Å². The molecule has 10 nitrogen and oxygen atoms in total. The second kappa shape index (κ2) is 8.29. The monoisotopic (exact) mass is 392 g/mol. The second-order valence-electron chi connectivity index (χ2n) is 5.16. The fourth-order valence-electron chi connectivity index (χ4n) is 1.91. The molecule has 0 amide bonds. The molecule has 0 heterocycles. The van der Waals surface area contributed by atoms with Gasteiger partial charge in [0, 0.05) is 0 Å². The van der Waals surface area contributed by atoms with E-state index in [1.807, 2.05) is 4.72 Å². The Balaban J connectivity index is 2.06. The van der Waals surface area contributed by atoms with Crippen molar-refractivity contribution in [3.63, 3.8) is 0 Å². The van der Waals surface area contributed by atoms with Crippen molar-refractivity contribution in [2.24, 2.45) is 16.5 Å².